The maximum absolute atomic E-state index is 12.7. The van der Waals surface area contributed by atoms with Crippen molar-refractivity contribution in [2.24, 2.45) is 0 Å². The number of nitrogens with one attached hydrogen (secondary N) is 2. The average molecular weight is 539 g/mol. The Morgan fingerprint density at radius 2 is 1.69 bits per heavy atom. The molecule has 0 spiro atoms. The number of benzene rings is 3. The van der Waals surface area contributed by atoms with Crippen LogP contribution in [-0.2, 0) is 14.4 Å². The monoisotopic (exact) mass is 539 g/mol. The van der Waals surface area contributed by atoms with Gasteiger partial charge in [0, 0.05) is 5.69 Å². The molecule has 0 atom stereocenters. The van der Waals surface area contributed by atoms with E-state index in [2.05, 4.69) is 33.3 Å². The summed E-state index contributed by atoms with van der Waals surface area (Å²) in [6, 6.07) is 23.2. The van der Waals surface area contributed by atoms with Gasteiger partial charge >= 0.3 is 0 Å². The van der Waals surface area contributed by atoms with E-state index in [1.165, 1.54) is 11.1 Å². The number of amides is 3. The summed E-state index contributed by atoms with van der Waals surface area (Å²) in [4.78, 5) is 37.1. The van der Waals surface area contributed by atoms with E-state index in [1.807, 2.05) is 24.3 Å². The van der Waals surface area contributed by atoms with Crippen molar-refractivity contribution in [3.05, 3.63) is 93.6 Å². The molecule has 0 radical (unpaired) electrons. The first-order chi connectivity index (χ1) is 15.5. The summed E-state index contributed by atoms with van der Waals surface area (Å²) in [6.07, 6.45) is 1.54. The molecule has 1 aliphatic heterocycles. The summed E-state index contributed by atoms with van der Waals surface area (Å²) in [5.74, 6) is -0.627. The Bertz CT molecular complexity index is 1200. The lowest BCUT2D eigenvalue weighted by atomic mass is 10.1. The predicted octanol–water partition coefficient (Wildman–Crippen LogP) is 3.77. The fraction of sp³-hybridized carbons (Fsp3) is 0.0417. The third kappa shape index (κ3) is 4.97. The van der Waals surface area contributed by atoms with Crippen LogP contribution in [0.5, 0.6) is 5.75 Å². The summed E-state index contributed by atoms with van der Waals surface area (Å²) in [5.41, 5.74) is 4.57. The maximum Gasteiger partial charge on any atom is 0.282 e. The number of para-hydroxylation sites is 2. The molecule has 3 amide bonds. The Kier molecular flexibility index (Phi) is 6.50. The molecule has 0 unspecified atom stereocenters. The molecule has 1 saturated heterocycles. The molecular formula is C24H18IN3O4. The van der Waals surface area contributed by atoms with Crippen LogP contribution in [0.4, 0.5) is 11.4 Å². The van der Waals surface area contributed by atoms with Gasteiger partial charge in [0.25, 0.3) is 17.7 Å². The van der Waals surface area contributed by atoms with Gasteiger partial charge < -0.3 is 10.1 Å². The van der Waals surface area contributed by atoms with Gasteiger partial charge in [0.05, 0.1) is 9.26 Å². The van der Waals surface area contributed by atoms with Gasteiger partial charge in [-0.05, 0) is 70.6 Å². The molecule has 3 aromatic carbocycles. The maximum atomic E-state index is 12.7. The van der Waals surface area contributed by atoms with E-state index >= 15 is 0 Å². The van der Waals surface area contributed by atoms with E-state index < -0.39 is 11.8 Å². The largest absolute Gasteiger partial charge is 0.483 e. The normalized spacial score (nSPS) is 14.4. The van der Waals surface area contributed by atoms with Gasteiger partial charge in [0.15, 0.2) is 6.61 Å². The summed E-state index contributed by atoms with van der Waals surface area (Å²) in [5, 5.41) is 3.98. The van der Waals surface area contributed by atoms with Gasteiger partial charge in [-0.1, -0.05) is 42.5 Å². The van der Waals surface area contributed by atoms with Crippen LogP contribution in [0, 0.1) is 3.57 Å². The number of nitrogens with zero attached hydrogens (tertiary/aromatic N) is 1. The molecular weight excluding hydrogens is 521 g/mol. The number of rotatable bonds is 6. The van der Waals surface area contributed by atoms with Crippen LogP contribution in [0.15, 0.2) is 84.4 Å². The quantitative estimate of drug-likeness (QED) is 0.284. The van der Waals surface area contributed by atoms with Crippen LogP contribution < -0.4 is 20.5 Å². The molecule has 1 heterocycles. The summed E-state index contributed by atoms with van der Waals surface area (Å²) >= 11 is 2.09. The topological polar surface area (TPSA) is 87.7 Å². The molecule has 0 saturated carbocycles. The first-order valence-electron chi connectivity index (χ1n) is 9.71. The lowest BCUT2D eigenvalue weighted by Crippen LogP contribution is -2.35. The molecule has 32 heavy (non-hydrogen) atoms. The second-order valence-corrected chi connectivity index (χ2v) is 8.03. The number of halogens is 1. The van der Waals surface area contributed by atoms with Gasteiger partial charge in [0.2, 0.25) is 0 Å². The standard InChI is InChI=1S/C24H18IN3O4/c25-20-14-16(11-12-21(20)32-15-22(29)26-17-7-3-1-4-8-17)13-19-23(30)27-28(24(19)31)18-9-5-2-6-10-18/h1-14H,15H2,(H,26,29)(H,27,30)/b19-13-. The van der Waals surface area contributed by atoms with Gasteiger partial charge in [0.1, 0.15) is 11.3 Å². The Hall–Kier alpha value is -3.66. The SMILES string of the molecule is O=C(COc1ccc(/C=C2/C(=O)NN(c3ccccc3)C2=O)cc1I)Nc1ccccc1. The highest BCUT2D eigenvalue weighted by atomic mass is 127. The van der Waals surface area contributed by atoms with Gasteiger partial charge in [-0.3, -0.25) is 19.8 Å². The van der Waals surface area contributed by atoms with E-state index in [0.29, 0.717) is 22.7 Å². The summed E-state index contributed by atoms with van der Waals surface area (Å²) in [7, 11) is 0. The van der Waals surface area contributed by atoms with Gasteiger partial charge in [-0.2, -0.15) is 0 Å². The number of hydrazine groups is 1. The molecule has 2 N–H and O–H groups in total. The van der Waals surface area contributed by atoms with Crippen LogP contribution in [0.25, 0.3) is 6.08 Å². The summed E-state index contributed by atoms with van der Waals surface area (Å²) < 4.78 is 6.36. The Morgan fingerprint density at radius 3 is 2.38 bits per heavy atom. The average Bonchev–Trinajstić information content (AvgIpc) is 3.08. The highest BCUT2D eigenvalue weighted by Gasteiger charge is 2.34. The lowest BCUT2D eigenvalue weighted by molar-refractivity contribution is -0.118. The Labute approximate surface area is 198 Å². The molecule has 0 bridgehead atoms. The Morgan fingerprint density at radius 1 is 1.00 bits per heavy atom. The number of carbonyl (C=O) groups excluding carboxylic acids is 3. The zero-order valence-electron chi connectivity index (χ0n) is 16.7. The van der Waals surface area contributed by atoms with Crippen molar-refractivity contribution in [2.45, 2.75) is 0 Å². The van der Waals surface area contributed by atoms with Crippen LogP contribution in [-0.4, -0.2) is 24.3 Å². The third-order valence-electron chi connectivity index (χ3n) is 4.59. The molecule has 160 valence electrons. The first kappa shape index (κ1) is 21.6. The van der Waals surface area contributed by atoms with Crippen LogP contribution >= 0.6 is 22.6 Å². The van der Waals surface area contributed by atoms with Crippen molar-refractivity contribution in [3.8, 4) is 5.75 Å². The smallest absolute Gasteiger partial charge is 0.282 e. The Balaban J connectivity index is 1.43. The van der Waals surface area contributed by atoms with Crippen LogP contribution in [0.3, 0.4) is 0 Å². The first-order valence-corrected chi connectivity index (χ1v) is 10.8. The zero-order chi connectivity index (χ0) is 22.5. The predicted molar refractivity (Wildman–Crippen MR) is 130 cm³/mol. The molecule has 0 aromatic heterocycles. The van der Waals surface area contributed by atoms with E-state index in [4.69, 9.17) is 4.74 Å². The molecule has 3 aromatic rings. The number of ether oxygens (including phenoxy) is 1. The van der Waals surface area contributed by atoms with Crippen molar-refractivity contribution in [1.29, 1.82) is 0 Å². The highest BCUT2D eigenvalue weighted by Crippen LogP contribution is 2.25. The molecule has 4 rings (SSSR count). The van der Waals surface area contributed by atoms with Crippen LogP contribution in [0.1, 0.15) is 5.56 Å². The fourth-order valence-corrected chi connectivity index (χ4v) is 3.76. The molecule has 8 heteroatoms. The molecule has 0 aliphatic carbocycles. The minimum Gasteiger partial charge on any atom is -0.483 e. The van der Waals surface area contributed by atoms with Crippen molar-refractivity contribution in [1.82, 2.24) is 5.43 Å². The third-order valence-corrected chi connectivity index (χ3v) is 5.43. The summed E-state index contributed by atoms with van der Waals surface area (Å²) in [6.45, 7) is -0.141. The van der Waals surface area contributed by atoms with E-state index in [9.17, 15) is 14.4 Å². The molecule has 1 fully saturated rings. The number of carbonyl (C=O) groups is 3. The minimum absolute atomic E-state index is 0.0422. The van der Waals surface area contributed by atoms with E-state index in [1.54, 1.807) is 54.6 Å². The number of hydrogen-bond donors (Lipinski definition) is 2. The van der Waals surface area contributed by atoms with E-state index in [-0.39, 0.29) is 18.1 Å². The van der Waals surface area contributed by atoms with Gasteiger partial charge in [-0.25, -0.2) is 5.01 Å². The van der Waals surface area contributed by atoms with Crippen molar-refractivity contribution >= 4 is 57.8 Å². The molecule has 7 nitrogen and oxygen atoms in total. The van der Waals surface area contributed by atoms with E-state index in [0.717, 1.165) is 3.57 Å². The highest BCUT2D eigenvalue weighted by molar-refractivity contribution is 14.1. The lowest BCUT2D eigenvalue weighted by Gasteiger charge is -2.13. The molecule has 1 aliphatic rings. The second kappa shape index (κ2) is 9.65. The second-order valence-electron chi connectivity index (χ2n) is 6.87. The van der Waals surface area contributed by atoms with Crippen molar-refractivity contribution in [2.75, 3.05) is 16.9 Å². The zero-order valence-corrected chi connectivity index (χ0v) is 18.9. The van der Waals surface area contributed by atoms with Gasteiger partial charge in [-0.15, -0.1) is 0 Å². The fourth-order valence-electron chi connectivity index (χ4n) is 3.07. The van der Waals surface area contributed by atoms with Crippen LogP contribution in [0.2, 0.25) is 0 Å². The van der Waals surface area contributed by atoms with Crippen molar-refractivity contribution in [3.63, 3.8) is 0 Å². The minimum atomic E-state index is -0.466. The number of hydrogen-bond acceptors (Lipinski definition) is 4. The number of anilines is 2. The van der Waals surface area contributed by atoms with Crippen molar-refractivity contribution < 1.29 is 19.1 Å².